The first kappa shape index (κ1) is 108. The summed E-state index contributed by atoms with van der Waals surface area (Å²) in [6.45, 7) is 8.82. The summed E-state index contributed by atoms with van der Waals surface area (Å²) in [7, 11) is 10.5. The minimum Gasteiger partial charge on any atom is -0.495 e. The van der Waals surface area contributed by atoms with Crippen molar-refractivity contribution in [3.05, 3.63) is 160 Å². The van der Waals surface area contributed by atoms with Gasteiger partial charge in [-0.3, -0.25) is 58.1 Å². The molecule has 18 atom stereocenters. The zero-order valence-corrected chi connectivity index (χ0v) is 81.1. The van der Waals surface area contributed by atoms with E-state index in [9.17, 15) is 63.6 Å². The number of halogens is 1. The molecule has 3 saturated heterocycles. The highest BCUT2D eigenvalue weighted by molar-refractivity contribution is 8.77. The predicted molar refractivity (Wildman–Crippen MR) is 511 cm³/mol. The molecule has 11 amide bonds. The molecule has 4 heterocycles. The molecule has 5 aliphatic rings. The van der Waals surface area contributed by atoms with Crippen molar-refractivity contribution < 1.29 is 111 Å². The smallest absolute Gasteiger partial charge is 0.409 e. The number of nitrogens with zero attached hydrogens (tertiary/aromatic N) is 2. The number of hydrogen-bond acceptors (Lipinski definition) is 28. The molecule has 732 valence electrons. The minimum atomic E-state index is -1.92. The summed E-state index contributed by atoms with van der Waals surface area (Å²) in [5.74, 6) is -9.83. The van der Waals surface area contributed by atoms with E-state index in [1.807, 2.05) is 43.3 Å². The second-order valence-corrected chi connectivity index (χ2v) is 39.9. The molecule has 15 N–H and O–H groups in total. The number of Topliss-reactive ketones (excluding diaryl/α,β-unsaturated/α-hetero) is 1. The number of benzene rings is 4. The average molecular weight is 1960 g/mol. The molecule has 1 aliphatic carbocycles. The summed E-state index contributed by atoms with van der Waals surface area (Å²) in [6.07, 6.45) is -0.419. The number of fused-ring (bicyclic) bond motifs is 6. The van der Waals surface area contributed by atoms with Gasteiger partial charge < -0.3 is 107 Å². The Hall–Kier alpha value is -9.62. The maximum Gasteiger partial charge on any atom is 0.409 e. The number of nitrogens with two attached hydrogens (primary N) is 1. The number of likely N-dealkylation sites (N-methyl/N-ethyl adjacent to an activating group) is 1. The van der Waals surface area contributed by atoms with Gasteiger partial charge in [0.15, 0.2) is 11.5 Å². The number of aliphatic hydroxyl groups excluding tert-OH is 3. The Balaban J connectivity index is 0.805. The van der Waals surface area contributed by atoms with E-state index in [1.165, 1.54) is 80.5 Å². The first-order valence-corrected chi connectivity index (χ1v) is 50.2. The van der Waals surface area contributed by atoms with E-state index in [2.05, 4.69) is 47.9 Å². The lowest BCUT2D eigenvalue weighted by molar-refractivity contribution is -0.162. The Morgan fingerprint density at radius 2 is 1.48 bits per heavy atom. The molecule has 0 saturated carbocycles. The SMILES string of the molecule is COc1cc2cc(c1Cl)N(C)C(=O)C[C@H](OC(=O)[C@H](C)N(C)C(=O)CCSSCCC(=O)NCCOCCC(=O)N[C@H](Cc1ccccc1)C(=O)N[C@H]1CSSC[C@@H](C(=O)N[C@H](CO)[C@@H](C)O)NC(=O)[C@H]([C@@H](C)O)NC(=O)[C@H](CCCCN)NC(=O)[C@@H](CC3=CCc4ccccc43)NC(=O)[C@H](Cc3ccccc3)CC1=O)[C@]1(C)O[C@H]1[C@H](C)[C@@H]1C[C@@](O)(NC(=O)O1)[C@H](OC)/C=C/C=C(\C)C2. The van der Waals surface area contributed by atoms with Gasteiger partial charge in [0.05, 0.1) is 69.4 Å². The Morgan fingerprint density at radius 1 is 0.799 bits per heavy atom. The second-order valence-electron chi connectivity index (χ2n) is 34.3. The van der Waals surface area contributed by atoms with E-state index in [0.717, 1.165) is 49.4 Å². The third-order valence-electron chi connectivity index (χ3n) is 24.2. The monoisotopic (exact) mass is 1950 g/mol. The molecule has 35 nitrogen and oxygen atoms in total. The summed E-state index contributed by atoms with van der Waals surface area (Å²) in [6, 6.07) is 17.5. The normalized spacial score (nSPS) is 25.7. The molecule has 4 aromatic carbocycles. The lowest BCUT2D eigenvalue weighted by Crippen LogP contribution is -2.63. The zero-order chi connectivity index (χ0) is 97.5. The van der Waals surface area contributed by atoms with Crippen LogP contribution in [0.4, 0.5) is 10.5 Å². The Bertz CT molecular complexity index is 4830. The van der Waals surface area contributed by atoms with Gasteiger partial charge in [-0.2, -0.15) is 0 Å². The molecule has 40 heteroatoms. The standard InChI is InChI=1S/C94H127ClN12O23S4/c1-54-22-21-30-76(126-10)94(124)50-75(128-92(123)105-94)55(2)84-93(6,130-84)77(49-81(115)107(8)72-45-61(42-54)46-74(125-9)82(72)95)129-91(122)56(3)106(7)80(114)35-41-132-131-40-34-78(112)97-37-39-127-38-33-79(113)98-67(44-60-25-15-12-16-26-60)87(118)102-70-52-133-134-53-71(89(120)101-69(51-108)57(4)109)103-90(121)83(58(5)110)104-86(117)66(29-19-20-36-96)99-88(119)68(47-63-32-31-62-27-17-18-28-65(62)63)100-85(116)64(48-73(70)111)43-59-23-13-11-14-24-59/h11-18,21-28,30,32,45-46,55-58,64,66-71,75-77,83-84,108-110,124H,19-20,29,31,33-44,47-53,96H2,1-10H3,(H,97,112)(H,98,113)(H,99,119)(H,100,116)(H,101,120)(H,102,118)(H,103,121)(H,104,117)(H,105,123)/b30-21+,54-22+/t55-,56+,57-,58-,64-,66+,67-,68-,69-,70+,71+,75+,76-,77+,83+,84+,93+,94+/m1/s1. The van der Waals surface area contributed by atoms with Crippen molar-refractivity contribution in [3.8, 4) is 5.75 Å². The van der Waals surface area contributed by atoms with Gasteiger partial charge in [-0.1, -0.05) is 177 Å². The van der Waals surface area contributed by atoms with Crippen molar-refractivity contribution in [1.29, 1.82) is 0 Å². The molecule has 0 unspecified atom stereocenters. The van der Waals surface area contributed by atoms with Crippen LogP contribution in [0.15, 0.2) is 127 Å². The number of esters is 1. The minimum absolute atomic E-state index is 0.00208. The molecule has 0 radical (unpaired) electrons. The largest absolute Gasteiger partial charge is 0.495 e. The molecule has 4 aliphatic heterocycles. The van der Waals surface area contributed by atoms with Crippen LogP contribution in [0.3, 0.4) is 0 Å². The summed E-state index contributed by atoms with van der Waals surface area (Å²) in [4.78, 5) is 189. The highest BCUT2D eigenvalue weighted by Crippen LogP contribution is 2.50. The maximum atomic E-state index is 15.4. The van der Waals surface area contributed by atoms with Crippen molar-refractivity contribution in [2.24, 2.45) is 17.6 Å². The van der Waals surface area contributed by atoms with Crippen molar-refractivity contribution in [3.63, 3.8) is 0 Å². The van der Waals surface area contributed by atoms with Gasteiger partial charge in [0.25, 0.3) is 0 Å². The molecule has 0 spiro atoms. The number of ketones is 1. The number of anilines is 1. The Morgan fingerprint density at radius 3 is 2.16 bits per heavy atom. The van der Waals surface area contributed by atoms with Gasteiger partial charge in [-0.15, -0.1) is 0 Å². The zero-order valence-electron chi connectivity index (χ0n) is 77.1. The third kappa shape index (κ3) is 31.5. The number of carbonyl (C=O) groups excluding carboxylic acids is 13. The lowest BCUT2D eigenvalue weighted by atomic mass is 9.83. The Labute approximate surface area is 801 Å². The fraction of sp³-hybridized carbons (Fsp3) is 0.543. The second kappa shape index (κ2) is 52.6. The van der Waals surface area contributed by atoms with Crippen LogP contribution in [0.25, 0.3) is 5.57 Å². The number of unbranched alkanes of at least 4 members (excludes halogenated alkanes) is 1. The number of allylic oxidation sites excluding steroid dienone is 4. The number of alkyl carbamates (subject to hydrolysis) is 1. The molecule has 3 fully saturated rings. The van der Waals surface area contributed by atoms with Crippen LogP contribution in [0.1, 0.15) is 134 Å². The van der Waals surface area contributed by atoms with Crippen LogP contribution in [0.2, 0.25) is 5.02 Å². The van der Waals surface area contributed by atoms with Crippen LogP contribution in [-0.2, 0) is 107 Å². The summed E-state index contributed by atoms with van der Waals surface area (Å²) in [5, 5.41) is 68.2. The van der Waals surface area contributed by atoms with E-state index < -0.39 is 199 Å². The van der Waals surface area contributed by atoms with Gasteiger partial charge in [0.1, 0.15) is 70.9 Å². The number of epoxide rings is 1. The number of carbonyl (C=O) groups is 13. The van der Waals surface area contributed by atoms with Gasteiger partial charge in [0, 0.05) is 108 Å². The Kier molecular flexibility index (Phi) is 42.4. The van der Waals surface area contributed by atoms with Crippen LogP contribution >= 0.6 is 54.8 Å². The first-order valence-electron chi connectivity index (χ1n) is 44.8. The van der Waals surface area contributed by atoms with E-state index in [4.69, 9.17) is 45.8 Å². The summed E-state index contributed by atoms with van der Waals surface area (Å²) < 4.78 is 35.4. The first-order chi connectivity index (χ1) is 64.0. The topological polar surface area (TPSA) is 502 Å². The van der Waals surface area contributed by atoms with Crippen molar-refractivity contribution >= 4 is 143 Å². The number of nitrogens with one attached hydrogen (secondary N) is 9. The molecule has 4 aromatic rings. The van der Waals surface area contributed by atoms with Crippen molar-refractivity contribution in [1.82, 2.24) is 52.8 Å². The molecular formula is C94H127ClN12O23S4. The van der Waals surface area contributed by atoms with Gasteiger partial charge in [-0.05, 0) is 125 Å². The molecule has 4 bridgehead atoms. The highest BCUT2D eigenvalue weighted by atomic mass is 35.5. The fourth-order valence-electron chi connectivity index (χ4n) is 16.0. The van der Waals surface area contributed by atoms with Gasteiger partial charge in [-0.25, -0.2) is 9.59 Å². The maximum absolute atomic E-state index is 15.4. The number of hydrogen-bond donors (Lipinski definition) is 14. The van der Waals surface area contributed by atoms with E-state index in [1.54, 1.807) is 98.8 Å². The van der Waals surface area contributed by atoms with Gasteiger partial charge in [0.2, 0.25) is 59.1 Å². The van der Waals surface area contributed by atoms with E-state index in [-0.39, 0.29) is 100 Å². The summed E-state index contributed by atoms with van der Waals surface area (Å²) >= 11 is 6.88. The quantitative estimate of drug-likeness (QED) is 0.0124. The number of methoxy groups -OCH3 is 2. The molecule has 9 rings (SSSR count). The summed E-state index contributed by atoms with van der Waals surface area (Å²) in [5.41, 5.74) is 8.36. The average Bonchev–Trinajstić information content (AvgIpc) is 1.57. The van der Waals surface area contributed by atoms with Crippen LogP contribution in [0.5, 0.6) is 5.75 Å². The number of rotatable bonds is 36. The van der Waals surface area contributed by atoms with Crippen molar-refractivity contribution in [2.75, 3.05) is 89.1 Å². The van der Waals surface area contributed by atoms with Crippen LogP contribution in [-0.4, -0.2) is 283 Å². The number of ether oxygens (including phenoxy) is 6. The number of amides is 11. The third-order valence-corrected chi connectivity index (χ3v) is 29.4. The van der Waals surface area contributed by atoms with Crippen LogP contribution < -0.4 is 63.2 Å². The molecular weight excluding hydrogens is 1830 g/mol. The molecule has 0 aromatic heterocycles. The van der Waals surface area contributed by atoms with E-state index >= 15 is 19.2 Å². The lowest BCUT2D eigenvalue weighted by Gasteiger charge is -2.42. The number of aliphatic hydroxyl groups is 4. The van der Waals surface area contributed by atoms with Crippen LogP contribution in [0, 0.1) is 11.8 Å². The fourth-order valence-corrected chi connectivity index (χ4v) is 20.6. The van der Waals surface area contributed by atoms with Crippen molar-refractivity contribution in [2.45, 2.75) is 228 Å². The predicted octanol–water partition coefficient (Wildman–Crippen LogP) is 4.96. The molecule has 134 heavy (non-hydrogen) atoms. The highest BCUT2D eigenvalue weighted by Gasteiger charge is 2.65. The van der Waals surface area contributed by atoms with E-state index in [0.29, 0.717) is 59.8 Å². The van der Waals surface area contributed by atoms with Gasteiger partial charge >= 0.3 is 12.1 Å².